The molecule has 1 rings (SSSR count). The molecule has 2 unspecified atom stereocenters. The summed E-state index contributed by atoms with van der Waals surface area (Å²) in [6, 6.07) is 0.810. The van der Waals surface area contributed by atoms with Gasteiger partial charge in [0, 0.05) is 25.2 Å². The second-order valence-corrected chi connectivity index (χ2v) is 6.92. The zero-order valence-electron chi connectivity index (χ0n) is 13.9. The number of ether oxygens (including phenoxy) is 1. The van der Waals surface area contributed by atoms with Crippen molar-refractivity contribution in [1.82, 2.24) is 10.2 Å². The molecule has 1 aliphatic heterocycles. The first-order valence-electron chi connectivity index (χ1n) is 8.06. The standard InChI is InChI=1S/C16H32N2O2/c1-6-7-9-13(2)17-12-14-10-8-11-18(14)15(19)20-16(3,4)5/h13-14,17H,6-12H2,1-5H3. The average Bonchev–Trinajstić information content (AvgIpc) is 2.80. The Morgan fingerprint density at radius 2 is 2.15 bits per heavy atom. The summed E-state index contributed by atoms with van der Waals surface area (Å²) >= 11 is 0. The first-order valence-corrected chi connectivity index (χ1v) is 8.06. The van der Waals surface area contributed by atoms with Gasteiger partial charge in [-0.1, -0.05) is 19.8 Å². The SMILES string of the molecule is CCCCC(C)NCC1CCCN1C(=O)OC(C)(C)C. The summed E-state index contributed by atoms with van der Waals surface area (Å²) in [5.41, 5.74) is -0.411. The average molecular weight is 284 g/mol. The molecule has 20 heavy (non-hydrogen) atoms. The van der Waals surface area contributed by atoms with E-state index in [4.69, 9.17) is 4.74 Å². The lowest BCUT2D eigenvalue weighted by molar-refractivity contribution is 0.0225. The van der Waals surface area contributed by atoms with Crippen LogP contribution in [0.25, 0.3) is 0 Å². The smallest absolute Gasteiger partial charge is 0.410 e. The molecule has 1 aliphatic rings. The van der Waals surface area contributed by atoms with Gasteiger partial charge >= 0.3 is 6.09 Å². The van der Waals surface area contributed by atoms with Crippen LogP contribution in [0.1, 0.15) is 66.7 Å². The maximum absolute atomic E-state index is 12.2. The van der Waals surface area contributed by atoms with E-state index in [1.807, 2.05) is 25.7 Å². The van der Waals surface area contributed by atoms with Crippen molar-refractivity contribution in [1.29, 1.82) is 0 Å². The molecule has 0 aromatic rings. The predicted octanol–water partition coefficient (Wildman–Crippen LogP) is 3.55. The number of likely N-dealkylation sites (tertiary alicyclic amines) is 1. The molecule has 1 amide bonds. The third kappa shape index (κ3) is 6.12. The molecule has 1 saturated heterocycles. The normalized spacial score (nSPS) is 21.1. The van der Waals surface area contributed by atoms with Crippen molar-refractivity contribution >= 4 is 6.09 Å². The van der Waals surface area contributed by atoms with E-state index in [1.54, 1.807) is 0 Å². The summed E-state index contributed by atoms with van der Waals surface area (Å²) in [7, 11) is 0. The summed E-state index contributed by atoms with van der Waals surface area (Å²) in [6.07, 6.45) is 5.69. The lowest BCUT2D eigenvalue weighted by atomic mass is 10.1. The molecular weight excluding hydrogens is 252 g/mol. The Bertz CT molecular complexity index is 299. The van der Waals surface area contributed by atoms with Gasteiger partial charge in [-0.2, -0.15) is 0 Å². The van der Waals surface area contributed by atoms with Crippen LogP contribution in [0.3, 0.4) is 0 Å². The third-order valence-electron chi connectivity index (χ3n) is 3.70. The van der Waals surface area contributed by atoms with Gasteiger partial charge in [-0.15, -0.1) is 0 Å². The van der Waals surface area contributed by atoms with E-state index >= 15 is 0 Å². The molecule has 4 nitrogen and oxygen atoms in total. The largest absolute Gasteiger partial charge is 0.444 e. The highest BCUT2D eigenvalue weighted by Crippen LogP contribution is 2.20. The summed E-state index contributed by atoms with van der Waals surface area (Å²) in [5, 5.41) is 3.56. The van der Waals surface area contributed by atoms with Crippen molar-refractivity contribution in [3.05, 3.63) is 0 Å². The van der Waals surface area contributed by atoms with E-state index in [0.717, 1.165) is 25.9 Å². The minimum Gasteiger partial charge on any atom is -0.444 e. The van der Waals surface area contributed by atoms with Gasteiger partial charge in [-0.3, -0.25) is 0 Å². The first kappa shape index (κ1) is 17.3. The number of rotatable bonds is 6. The van der Waals surface area contributed by atoms with Crippen molar-refractivity contribution in [3.8, 4) is 0 Å². The van der Waals surface area contributed by atoms with E-state index in [-0.39, 0.29) is 12.1 Å². The second-order valence-electron chi connectivity index (χ2n) is 6.92. The van der Waals surface area contributed by atoms with Crippen LogP contribution in [0.15, 0.2) is 0 Å². The molecule has 118 valence electrons. The number of carbonyl (C=O) groups is 1. The number of amides is 1. The molecule has 0 aromatic heterocycles. The van der Waals surface area contributed by atoms with Crippen LogP contribution in [0, 0.1) is 0 Å². The fourth-order valence-corrected chi connectivity index (χ4v) is 2.56. The highest BCUT2D eigenvalue weighted by atomic mass is 16.6. The molecule has 0 spiro atoms. The molecule has 1 fully saturated rings. The van der Waals surface area contributed by atoms with Crippen LogP contribution in [0.2, 0.25) is 0 Å². The highest BCUT2D eigenvalue weighted by Gasteiger charge is 2.31. The molecule has 1 N–H and O–H groups in total. The molecule has 0 saturated carbocycles. The van der Waals surface area contributed by atoms with Crippen molar-refractivity contribution in [2.75, 3.05) is 13.1 Å². The zero-order chi connectivity index (χ0) is 15.2. The first-order chi connectivity index (χ1) is 9.33. The quantitative estimate of drug-likeness (QED) is 0.811. The van der Waals surface area contributed by atoms with Gasteiger partial charge in [-0.25, -0.2) is 4.79 Å². The molecule has 1 heterocycles. The van der Waals surface area contributed by atoms with Crippen molar-refractivity contribution < 1.29 is 9.53 Å². The molecule has 0 aliphatic carbocycles. The van der Waals surface area contributed by atoms with Crippen LogP contribution in [0.4, 0.5) is 4.79 Å². The topological polar surface area (TPSA) is 41.6 Å². The Hall–Kier alpha value is -0.770. The fourth-order valence-electron chi connectivity index (χ4n) is 2.56. The van der Waals surface area contributed by atoms with E-state index in [1.165, 1.54) is 19.3 Å². The summed E-state index contributed by atoms with van der Waals surface area (Å²) in [6.45, 7) is 11.9. The van der Waals surface area contributed by atoms with Gasteiger partial charge in [0.15, 0.2) is 0 Å². The minimum absolute atomic E-state index is 0.164. The van der Waals surface area contributed by atoms with Gasteiger partial charge in [0.2, 0.25) is 0 Å². The van der Waals surface area contributed by atoms with Crippen molar-refractivity contribution in [3.63, 3.8) is 0 Å². The van der Waals surface area contributed by atoms with Gasteiger partial charge in [0.25, 0.3) is 0 Å². The second kappa shape index (κ2) is 7.87. The fraction of sp³-hybridized carbons (Fsp3) is 0.938. The van der Waals surface area contributed by atoms with Gasteiger partial charge in [0.1, 0.15) is 5.60 Å². The minimum atomic E-state index is -0.411. The summed E-state index contributed by atoms with van der Waals surface area (Å²) in [4.78, 5) is 14.1. The van der Waals surface area contributed by atoms with E-state index in [9.17, 15) is 4.79 Å². The number of hydrogen-bond donors (Lipinski definition) is 1. The van der Waals surface area contributed by atoms with Gasteiger partial charge in [0.05, 0.1) is 0 Å². The number of carbonyl (C=O) groups excluding carboxylic acids is 1. The van der Waals surface area contributed by atoms with Gasteiger partial charge in [-0.05, 0) is 47.0 Å². The third-order valence-corrected chi connectivity index (χ3v) is 3.70. The number of hydrogen-bond acceptors (Lipinski definition) is 3. The maximum Gasteiger partial charge on any atom is 0.410 e. The van der Waals surface area contributed by atoms with Crippen molar-refractivity contribution in [2.45, 2.75) is 84.4 Å². The maximum atomic E-state index is 12.2. The number of unbranched alkanes of at least 4 members (excludes halogenated alkanes) is 1. The Morgan fingerprint density at radius 3 is 2.75 bits per heavy atom. The predicted molar refractivity (Wildman–Crippen MR) is 83.0 cm³/mol. The van der Waals surface area contributed by atoms with Crippen LogP contribution in [0.5, 0.6) is 0 Å². The molecule has 0 radical (unpaired) electrons. The van der Waals surface area contributed by atoms with Crippen LogP contribution in [-0.2, 0) is 4.74 Å². The Morgan fingerprint density at radius 1 is 1.45 bits per heavy atom. The Labute approximate surface area is 124 Å². The molecular formula is C16H32N2O2. The molecule has 0 bridgehead atoms. The van der Waals surface area contributed by atoms with E-state index in [0.29, 0.717) is 6.04 Å². The van der Waals surface area contributed by atoms with E-state index < -0.39 is 5.60 Å². The Balaban J connectivity index is 2.39. The molecule has 0 aromatic carbocycles. The highest BCUT2D eigenvalue weighted by molar-refractivity contribution is 5.69. The molecule has 2 atom stereocenters. The lowest BCUT2D eigenvalue weighted by Gasteiger charge is -2.29. The summed E-state index contributed by atoms with van der Waals surface area (Å²) in [5.74, 6) is 0. The van der Waals surface area contributed by atoms with Crippen LogP contribution in [-0.4, -0.2) is 41.8 Å². The van der Waals surface area contributed by atoms with Crippen molar-refractivity contribution in [2.24, 2.45) is 0 Å². The monoisotopic (exact) mass is 284 g/mol. The van der Waals surface area contributed by atoms with Gasteiger partial charge < -0.3 is 15.0 Å². The zero-order valence-corrected chi connectivity index (χ0v) is 13.9. The number of nitrogens with one attached hydrogen (secondary N) is 1. The van der Waals surface area contributed by atoms with E-state index in [2.05, 4.69) is 19.2 Å². The summed E-state index contributed by atoms with van der Waals surface area (Å²) < 4.78 is 5.48. The Kier molecular flexibility index (Phi) is 6.80. The number of nitrogens with zero attached hydrogens (tertiary/aromatic N) is 1. The van der Waals surface area contributed by atoms with Crippen LogP contribution >= 0.6 is 0 Å². The molecule has 4 heteroatoms. The van der Waals surface area contributed by atoms with Crippen LogP contribution < -0.4 is 5.32 Å². The lowest BCUT2D eigenvalue weighted by Crippen LogP contribution is -2.45.